The van der Waals surface area contributed by atoms with Crippen molar-refractivity contribution >= 4 is 27.9 Å². The molecule has 0 unspecified atom stereocenters. The van der Waals surface area contributed by atoms with Gasteiger partial charge in [0.15, 0.2) is 6.29 Å². The molecule has 1 rings (SSSR count). The maximum absolute atomic E-state index is 10.9. The van der Waals surface area contributed by atoms with Crippen molar-refractivity contribution in [2.24, 2.45) is 0 Å². The van der Waals surface area contributed by atoms with E-state index in [9.17, 15) is 4.79 Å². The van der Waals surface area contributed by atoms with E-state index < -0.39 is 0 Å². The highest BCUT2D eigenvalue weighted by Gasteiger charge is 2.07. The lowest BCUT2D eigenvalue weighted by Gasteiger charge is -2.21. The largest absolute Gasteiger partial charge is 0.370 e. The second-order valence-corrected chi connectivity index (χ2v) is 4.55. The van der Waals surface area contributed by atoms with Crippen LogP contribution in [0.2, 0.25) is 0 Å². The van der Waals surface area contributed by atoms with Gasteiger partial charge in [0.25, 0.3) is 0 Å². The molecule has 0 aliphatic heterocycles. The van der Waals surface area contributed by atoms with Gasteiger partial charge < -0.3 is 4.90 Å². The maximum atomic E-state index is 10.9. The van der Waals surface area contributed by atoms with Crippen LogP contribution < -0.4 is 4.90 Å². The van der Waals surface area contributed by atoms with E-state index in [-0.39, 0.29) is 0 Å². The van der Waals surface area contributed by atoms with Crippen molar-refractivity contribution in [2.75, 3.05) is 18.5 Å². The number of benzene rings is 1. The number of aldehydes is 1. The molecule has 1 aromatic carbocycles. The molecule has 1 aromatic rings. The number of halogens is 1. The molecule has 0 heterocycles. The number of hydrogen-bond donors (Lipinski definition) is 0. The number of rotatable bonds is 4. The third kappa shape index (κ3) is 3.20. The Kier molecular flexibility index (Phi) is 4.09. The molecule has 0 aliphatic rings. The van der Waals surface area contributed by atoms with E-state index in [1.807, 2.05) is 31.0 Å². The first-order valence-corrected chi connectivity index (χ1v) is 5.44. The second kappa shape index (κ2) is 5.12. The molecule has 0 saturated heterocycles. The molecule has 0 amide bonds. The topological polar surface area (TPSA) is 20.3 Å². The van der Waals surface area contributed by atoms with Crippen molar-refractivity contribution < 1.29 is 4.79 Å². The minimum absolute atomic E-state index is 0.696. The molecule has 0 radical (unpaired) electrons. The van der Waals surface area contributed by atoms with Crippen LogP contribution in [0.5, 0.6) is 0 Å². The summed E-state index contributed by atoms with van der Waals surface area (Å²) in [6, 6.07) is 5.61. The lowest BCUT2D eigenvalue weighted by molar-refractivity contribution is 0.112. The fourth-order valence-corrected chi connectivity index (χ4v) is 1.79. The Morgan fingerprint density at radius 2 is 2.27 bits per heavy atom. The summed E-state index contributed by atoms with van der Waals surface area (Å²) in [4.78, 5) is 12.9. The van der Waals surface area contributed by atoms with Crippen molar-refractivity contribution in [3.8, 4) is 0 Å². The molecule has 0 N–H and O–H groups in total. The van der Waals surface area contributed by atoms with Crippen molar-refractivity contribution in [3.05, 3.63) is 40.4 Å². The van der Waals surface area contributed by atoms with E-state index >= 15 is 0 Å². The maximum Gasteiger partial charge on any atom is 0.152 e. The molecule has 0 saturated carbocycles. The van der Waals surface area contributed by atoms with Gasteiger partial charge in [-0.2, -0.15) is 0 Å². The fraction of sp³-hybridized carbons (Fsp3) is 0.250. The number of nitrogens with zero attached hydrogens (tertiary/aromatic N) is 1. The Hall–Kier alpha value is -1.09. The van der Waals surface area contributed by atoms with Gasteiger partial charge in [-0.1, -0.05) is 28.1 Å². The molecule has 15 heavy (non-hydrogen) atoms. The number of carbonyl (C=O) groups is 1. The summed E-state index contributed by atoms with van der Waals surface area (Å²) >= 11 is 3.39. The molecule has 0 fully saturated rings. The Labute approximate surface area is 98.7 Å². The summed E-state index contributed by atoms with van der Waals surface area (Å²) in [5, 5.41) is 0. The van der Waals surface area contributed by atoms with Gasteiger partial charge in [-0.25, -0.2) is 0 Å². The molecular formula is C12H14BrNO. The molecule has 0 atom stereocenters. The van der Waals surface area contributed by atoms with Gasteiger partial charge in [-0.15, -0.1) is 0 Å². The van der Waals surface area contributed by atoms with Crippen LogP contribution in [-0.2, 0) is 0 Å². The van der Waals surface area contributed by atoms with Crippen LogP contribution in [0.1, 0.15) is 17.3 Å². The van der Waals surface area contributed by atoms with Gasteiger partial charge in [-0.05, 0) is 25.1 Å². The molecule has 0 aromatic heterocycles. The number of hydrogen-bond acceptors (Lipinski definition) is 2. The van der Waals surface area contributed by atoms with Gasteiger partial charge in [0, 0.05) is 29.3 Å². The van der Waals surface area contributed by atoms with Crippen LogP contribution in [-0.4, -0.2) is 19.9 Å². The minimum atomic E-state index is 0.696. The summed E-state index contributed by atoms with van der Waals surface area (Å²) in [6.07, 6.45) is 0.872. The van der Waals surface area contributed by atoms with E-state index in [1.165, 1.54) is 0 Å². The highest BCUT2D eigenvalue weighted by molar-refractivity contribution is 9.10. The van der Waals surface area contributed by atoms with E-state index in [1.54, 1.807) is 6.07 Å². The van der Waals surface area contributed by atoms with E-state index in [4.69, 9.17) is 0 Å². The normalized spacial score (nSPS) is 9.80. The Balaban J connectivity index is 3.04. The predicted octanol–water partition coefficient (Wildman–Crippen LogP) is 3.27. The van der Waals surface area contributed by atoms with E-state index in [0.29, 0.717) is 5.56 Å². The monoisotopic (exact) mass is 267 g/mol. The highest BCUT2D eigenvalue weighted by atomic mass is 79.9. The molecule has 80 valence electrons. The fourth-order valence-electron chi connectivity index (χ4n) is 1.44. The summed E-state index contributed by atoms with van der Waals surface area (Å²) in [5.41, 5.74) is 2.68. The Bertz CT molecular complexity index is 387. The van der Waals surface area contributed by atoms with Gasteiger partial charge in [0.05, 0.1) is 0 Å². The zero-order chi connectivity index (χ0) is 11.4. The first-order valence-electron chi connectivity index (χ1n) is 4.65. The highest BCUT2D eigenvalue weighted by Crippen LogP contribution is 2.23. The van der Waals surface area contributed by atoms with Gasteiger partial charge >= 0.3 is 0 Å². The molecular weight excluding hydrogens is 254 g/mol. The van der Waals surface area contributed by atoms with Crippen molar-refractivity contribution in [1.29, 1.82) is 0 Å². The zero-order valence-corrected chi connectivity index (χ0v) is 10.5. The summed E-state index contributed by atoms with van der Waals surface area (Å²) in [5.74, 6) is 0. The SMILES string of the molecule is C=C(C)CN(C)c1cc(Br)ccc1C=O. The summed E-state index contributed by atoms with van der Waals surface area (Å²) in [7, 11) is 1.95. The zero-order valence-electron chi connectivity index (χ0n) is 8.96. The molecule has 2 nitrogen and oxygen atoms in total. The average molecular weight is 268 g/mol. The van der Waals surface area contributed by atoms with E-state index in [0.717, 1.165) is 28.6 Å². The lowest BCUT2D eigenvalue weighted by atomic mass is 10.1. The number of anilines is 1. The molecule has 0 spiro atoms. The number of likely N-dealkylation sites (N-methyl/N-ethyl adjacent to an activating group) is 1. The lowest BCUT2D eigenvalue weighted by Crippen LogP contribution is -2.20. The third-order valence-corrected chi connectivity index (χ3v) is 2.53. The number of carbonyl (C=O) groups excluding carboxylic acids is 1. The van der Waals surface area contributed by atoms with Crippen molar-refractivity contribution in [3.63, 3.8) is 0 Å². The first-order chi connectivity index (χ1) is 7.04. The van der Waals surface area contributed by atoms with Crippen LogP contribution in [0.4, 0.5) is 5.69 Å². The molecule has 3 heteroatoms. The Morgan fingerprint density at radius 3 is 2.80 bits per heavy atom. The third-order valence-electron chi connectivity index (χ3n) is 2.04. The second-order valence-electron chi connectivity index (χ2n) is 3.63. The van der Waals surface area contributed by atoms with Crippen LogP contribution in [0, 0.1) is 0 Å². The quantitative estimate of drug-likeness (QED) is 0.617. The summed E-state index contributed by atoms with van der Waals surface area (Å²) < 4.78 is 0.969. The Morgan fingerprint density at radius 1 is 1.60 bits per heavy atom. The standard InChI is InChI=1S/C12H14BrNO/c1-9(2)7-14(3)12-6-11(13)5-4-10(12)8-15/h4-6,8H,1,7H2,2-3H3. The van der Waals surface area contributed by atoms with Gasteiger partial charge in [0.2, 0.25) is 0 Å². The van der Waals surface area contributed by atoms with Crippen LogP contribution in [0.3, 0.4) is 0 Å². The van der Waals surface area contributed by atoms with E-state index in [2.05, 4.69) is 22.5 Å². The van der Waals surface area contributed by atoms with Crippen molar-refractivity contribution in [2.45, 2.75) is 6.92 Å². The van der Waals surface area contributed by atoms with Crippen molar-refractivity contribution in [1.82, 2.24) is 0 Å². The predicted molar refractivity (Wildman–Crippen MR) is 67.6 cm³/mol. The minimum Gasteiger partial charge on any atom is -0.370 e. The smallest absolute Gasteiger partial charge is 0.152 e. The molecule has 0 bridgehead atoms. The van der Waals surface area contributed by atoms with Crippen LogP contribution in [0.15, 0.2) is 34.8 Å². The first kappa shape index (κ1) is 12.0. The molecule has 0 aliphatic carbocycles. The van der Waals surface area contributed by atoms with Crippen LogP contribution >= 0.6 is 15.9 Å². The van der Waals surface area contributed by atoms with Gasteiger partial charge in [0.1, 0.15) is 0 Å². The average Bonchev–Trinajstić information content (AvgIpc) is 2.16. The van der Waals surface area contributed by atoms with Crippen LogP contribution in [0.25, 0.3) is 0 Å². The van der Waals surface area contributed by atoms with Gasteiger partial charge in [-0.3, -0.25) is 4.79 Å². The summed E-state index contributed by atoms with van der Waals surface area (Å²) in [6.45, 7) is 6.57.